The Hall–Kier alpha value is -3.58. The van der Waals surface area contributed by atoms with E-state index in [9.17, 15) is 14.4 Å². The highest BCUT2D eigenvalue weighted by molar-refractivity contribution is 7.99. The average molecular weight is 447 g/mol. The van der Waals surface area contributed by atoms with E-state index < -0.39 is 12.6 Å². The molecule has 0 atom stereocenters. The molecule has 7 heteroatoms. The van der Waals surface area contributed by atoms with Crippen LogP contribution in [0.3, 0.4) is 0 Å². The summed E-state index contributed by atoms with van der Waals surface area (Å²) in [6.45, 7) is 3.06. The number of ether oxygens (including phenoxy) is 1. The standard InChI is InChI=1S/C25H22N2O4S/c1-16-11-17(2)13-18(12-16)25(30)26-14-24(29)31-15-23(28)27-19-7-3-5-9-21(19)32-22-10-6-4-8-20(22)27/h3-13H,14-15H2,1-2H3,(H,26,30). The molecule has 0 saturated carbocycles. The number of hydrogen-bond acceptors (Lipinski definition) is 5. The highest BCUT2D eigenvalue weighted by Gasteiger charge is 2.28. The molecular weight excluding hydrogens is 424 g/mol. The van der Waals surface area contributed by atoms with E-state index in [2.05, 4.69) is 5.32 Å². The minimum atomic E-state index is -0.677. The van der Waals surface area contributed by atoms with Crippen LogP contribution in [-0.4, -0.2) is 30.9 Å². The number of aryl methyl sites for hydroxylation is 2. The number of esters is 1. The van der Waals surface area contributed by atoms with E-state index in [1.165, 1.54) is 0 Å². The molecule has 3 aromatic carbocycles. The Morgan fingerprint density at radius 3 is 2.03 bits per heavy atom. The Morgan fingerprint density at radius 1 is 0.875 bits per heavy atom. The molecule has 32 heavy (non-hydrogen) atoms. The molecule has 0 aromatic heterocycles. The van der Waals surface area contributed by atoms with E-state index in [1.807, 2.05) is 68.4 Å². The van der Waals surface area contributed by atoms with Crippen molar-refractivity contribution in [1.82, 2.24) is 5.32 Å². The van der Waals surface area contributed by atoms with E-state index in [0.29, 0.717) is 5.56 Å². The zero-order chi connectivity index (χ0) is 22.7. The molecule has 6 nitrogen and oxygen atoms in total. The lowest BCUT2D eigenvalue weighted by Crippen LogP contribution is -2.35. The third kappa shape index (κ3) is 4.68. The van der Waals surface area contributed by atoms with Gasteiger partial charge in [0, 0.05) is 15.4 Å². The van der Waals surface area contributed by atoms with E-state index in [0.717, 1.165) is 32.3 Å². The predicted molar refractivity (Wildman–Crippen MR) is 123 cm³/mol. The maximum Gasteiger partial charge on any atom is 0.325 e. The quantitative estimate of drug-likeness (QED) is 0.588. The summed E-state index contributed by atoms with van der Waals surface area (Å²) in [7, 11) is 0. The molecule has 0 fully saturated rings. The number of carbonyl (C=O) groups is 3. The highest BCUT2D eigenvalue weighted by Crippen LogP contribution is 2.47. The van der Waals surface area contributed by atoms with Crippen molar-refractivity contribution < 1.29 is 19.1 Å². The molecule has 0 saturated heterocycles. The van der Waals surface area contributed by atoms with Crippen molar-refractivity contribution in [2.24, 2.45) is 0 Å². The smallest absolute Gasteiger partial charge is 0.325 e. The van der Waals surface area contributed by atoms with Crippen LogP contribution in [0.25, 0.3) is 0 Å². The monoisotopic (exact) mass is 446 g/mol. The van der Waals surface area contributed by atoms with Gasteiger partial charge < -0.3 is 10.1 Å². The Labute approximate surface area is 190 Å². The Kier molecular flexibility index (Phi) is 6.28. The van der Waals surface area contributed by atoms with Gasteiger partial charge in [0.1, 0.15) is 6.54 Å². The molecule has 0 spiro atoms. The maximum absolute atomic E-state index is 13.0. The Balaban J connectivity index is 1.39. The van der Waals surface area contributed by atoms with Gasteiger partial charge in [-0.15, -0.1) is 0 Å². The molecule has 4 rings (SSSR count). The molecule has 0 aliphatic carbocycles. The number of benzene rings is 3. The van der Waals surface area contributed by atoms with Crippen molar-refractivity contribution in [2.45, 2.75) is 23.6 Å². The molecule has 0 unspecified atom stereocenters. The van der Waals surface area contributed by atoms with Crippen LogP contribution in [0, 0.1) is 13.8 Å². The first-order valence-corrected chi connectivity index (χ1v) is 10.9. The molecule has 0 radical (unpaired) electrons. The first-order chi connectivity index (χ1) is 15.4. The SMILES string of the molecule is Cc1cc(C)cc(C(=O)NCC(=O)OCC(=O)N2c3ccccc3Sc3ccccc32)c1. The fourth-order valence-electron chi connectivity index (χ4n) is 3.59. The Bertz CT molecular complexity index is 1140. The van der Waals surface area contributed by atoms with Crippen LogP contribution < -0.4 is 10.2 Å². The normalized spacial score (nSPS) is 11.9. The molecule has 3 aromatic rings. The van der Waals surface area contributed by atoms with Gasteiger partial charge in [0.2, 0.25) is 0 Å². The summed E-state index contributed by atoms with van der Waals surface area (Å²) in [6.07, 6.45) is 0. The van der Waals surface area contributed by atoms with Crippen LogP contribution in [0.15, 0.2) is 76.5 Å². The van der Waals surface area contributed by atoms with Gasteiger partial charge in [-0.2, -0.15) is 0 Å². The average Bonchev–Trinajstić information content (AvgIpc) is 2.78. The second kappa shape index (κ2) is 9.28. The van der Waals surface area contributed by atoms with Gasteiger partial charge in [-0.1, -0.05) is 53.2 Å². The van der Waals surface area contributed by atoms with Crippen LogP contribution in [0.1, 0.15) is 21.5 Å². The van der Waals surface area contributed by atoms with Crippen molar-refractivity contribution >= 4 is 40.9 Å². The third-order valence-corrected chi connectivity index (χ3v) is 6.05. The number of nitrogens with zero attached hydrogens (tertiary/aromatic N) is 1. The molecule has 162 valence electrons. The summed E-state index contributed by atoms with van der Waals surface area (Å²) in [5.41, 5.74) is 3.90. The van der Waals surface area contributed by atoms with E-state index in [-0.39, 0.29) is 18.4 Å². The second-order valence-electron chi connectivity index (χ2n) is 7.49. The molecule has 1 aliphatic heterocycles. The summed E-state index contributed by atoms with van der Waals surface area (Å²) in [6, 6.07) is 20.7. The first-order valence-electron chi connectivity index (χ1n) is 10.1. The number of rotatable bonds is 5. The van der Waals surface area contributed by atoms with Gasteiger partial charge in [-0.3, -0.25) is 19.3 Å². The lowest BCUT2D eigenvalue weighted by atomic mass is 10.1. The van der Waals surface area contributed by atoms with E-state index >= 15 is 0 Å². The van der Waals surface area contributed by atoms with Crippen molar-refractivity contribution in [1.29, 1.82) is 0 Å². The van der Waals surface area contributed by atoms with Gasteiger partial charge in [0.15, 0.2) is 6.61 Å². The van der Waals surface area contributed by atoms with Crippen LogP contribution in [0.2, 0.25) is 0 Å². The summed E-state index contributed by atoms with van der Waals surface area (Å²) in [5, 5.41) is 2.55. The summed E-state index contributed by atoms with van der Waals surface area (Å²) in [5.74, 6) is -1.40. The van der Waals surface area contributed by atoms with Gasteiger partial charge >= 0.3 is 5.97 Å². The topological polar surface area (TPSA) is 75.7 Å². The van der Waals surface area contributed by atoms with Crippen LogP contribution in [-0.2, 0) is 14.3 Å². The minimum absolute atomic E-state index is 0.317. The summed E-state index contributed by atoms with van der Waals surface area (Å²) < 4.78 is 5.17. The molecule has 0 bridgehead atoms. The van der Waals surface area contributed by atoms with E-state index in [1.54, 1.807) is 28.8 Å². The van der Waals surface area contributed by atoms with Crippen molar-refractivity contribution in [3.05, 3.63) is 83.4 Å². The lowest BCUT2D eigenvalue weighted by Gasteiger charge is -2.30. The second-order valence-corrected chi connectivity index (χ2v) is 8.57. The molecule has 2 amide bonds. The van der Waals surface area contributed by atoms with Crippen LogP contribution in [0.4, 0.5) is 11.4 Å². The highest BCUT2D eigenvalue weighted by atomic mass is 32.2. The third-order valence-electron chi connectivity index (χ3n) is 4.92. The first kappa shape index (κ1) is 21.6. The molecule has 1 aliphatic rings. The number of para-hydroxylation sites is 2. The molecule has 1 N–H and O–H groups in total. The lowest BCUT2D eigenvalue weighted by molar-refractivity contribution is -0.146. The summed E-state index contributed by atoms with van der Waals surface area (Å²) in [4.78, 5) is 41.0. The van der Waals surface area contributed by atoms with Crippen molar-refractivity contribution in [3.63, 3.8) is 0 Å². The van der Waals surface area contributed by atoms with Crippen LogP contribution >= 0.6 is 11.8 Å². The van der Waals surface area contributed by atoms with Gasteiger partial charge in [-0.05, 0) is 50.2 Å². The number of carbonyl (C=O) groups excluding carboxylic acids is 3. The fourth-order valence-corrected chi connectivity index (χ4v) is 4.65. The Morgan fingerprint density at radius 2 is 1.44 bits per heavy atom. The number of nitrogens with one attached hydrogen (secondary N) is 1. The number of amides is 2. The predicted octanol–water partition coefficient (Wildman–Crippen LogP) is 4.41. The van der Waals surface area contributed by atoms with Gasteiger partial charge in [0.25, 0.3) is 11.8 Å². The number of anilines is 2. The van der Waals surface area contributed by atoms with Crippen molar-refractivity contribution in [2.75, 3.05) is 18.1 Å². The molecule has 1 heterocycles. The fraction of sp³-hybridized carbons (Fsp3) is 0.160. The van der Waals surface area contributed by atoms with Crippen molar-refractivity contribution in [3.8, 4) is 0 Å². The number of fused-ring (bicyclic) bond motifs is 2. The van der Waals surface area contributed by atoms with E-state index in [4.69, 9.17) is 4.74 Å². The summed E-state index contributed by atoms with van der Waals surface area (Å²) >= 11 is 1.59. The maximum atomic E-state index is 13.0. The number of hydrogen-bond donors (Lipinski definition) is 1. The minimum Gasteiger partial charge on any atom is -0.454 e. The van der Waals surface area contributed by atoms with Gasteiger partial charge in [0.05, 0.1) is 11.4 Å². The largest absolute Gasteiger partial charge is 0.454 e. The zero-order valence-corrected chi connectivity index (χ0v) is 18.6. The zero-order valence-electron chi connectivity index (χ0n) is 17.8. The van der Waals surface area contributed by atoms with Gasteiger partial charge in [-0.25, -0.2) is 0 Å². The van der Waals surface area contributed by atoms with Crippen LogP contribution in [0.5, 0.6) is 0 Å². The molecular formula is C25H22N2O4S.